The van der Waals surface area contributed by atoms with E-state index in [1.165, 1.54) is 18.4 Å². The van der Waals surface area contributed by atoms with Gasteiger partial charge in [0.2, 0.25) is 20.0 Å². The van der Waals surface area contributed by atoms with Crippen LogP contribution in [0.15, 0.2) is 48.6 Å². The maximum Gasteiger partial charge on any atom is 0.264 e. The molecule has 10 nitrogen and oxygen atoms in total. The highest BCUT2D eigenvalue weighted by molar-refractivity contribution is 7.90. The average Bonchev–Trinajstić information content (AvgIpc) is 3.01. The SMILES string of the molecule is CN(C)S(=O)(=O)CCO[C@@H]1/C=C/CCCS(=O)(=O)NC(=O)c2ccc3c(c2)N(CCCCc2cc(Cl)ccc2CO3)CC2CC[C@H]21. The number of halogens is 1. The molecule has 1 aliphatic carbocycles. The molecule has 0 spiro atoms. The fourth-order valence-corrected chi connectivity index (χ4v) is 8.20. The molecule has 0 radical (unpaired) electrons. The molecule has 13 heteroatoms. The number of hydrogen-bond acceptors (Lipinski definition) is 8. The number of carbonyl (C=O) groups is 1. The van der Waals surface area contributed by atoms with E-state index in [2.05, 4.69) is 9.62 Å². The molecule has 1 saturated carbocycles. The summed E-state index contributed by atoms with van der Waals surface area (Å²) >= 11 is 6.32. The first-order chi connectivity index (χ1) is 21.9. The molecular weight excluding hydrogens is 650 g/mol. The normalized spacial score (nSPS) is 24.7. The first kappa shape index (κ1) is 34.7. The van der Waals surface area contributed by atoms with Gasteiger partial charge in [0, 0.05) is 37.8 Å². The average molecular weight is 694 g/mol. The van der Waals surface area contributed by atoms with E-state index in [0.717, 1.165) is 48.9 Å². The second kappa shape index (κ2) is 15.1. The summed E-state index contributed by atoms with van der Waals surface area (Å²) < 4.78 is 66.5. The number of amides is 1. The van der Waals surface area contributed by atoms with Gasteiger partial charge in [-0.05, 0) is 98.2 Å². The molecule has 0 saturated heterocycles. The lowest BCUT2D eigenvalue weighted by Crippen LogP contribution is -2.44. The monoisotopic (exact) mass is 693 g/mol. The van der Waals surface area contributed by atoms with E-state index in [-0.39, 0.29) is 41.6 Å². The van der Waals surface area contributed by atoms with Crippen molar-refractivity contribution >= 4 is 43.2 Å². The van der Waals surface area contributed by atoms with Crippen LogP contribution in [-0.4, -0.2) is 78.4 Å². The van der Waals surface area contributed by atoms with Crippen LogP contribution in [0.1, 0.15) is 60.0 Å². The molecule has 1 amide bonds. The van der Waals surface area contributed by atoms with Crippen LogP contribution < -0.4 is 14.4 Å². The predicted molar refractivity (Wildman–Crippen MR) is 180 cm³/mol. The van der Waals surface area contributed by atoms with Crippen LogP contribution >= 0.6 is 11.6 Å². The Bertz CT molecular complexity index is 1650. The number of sulfonamides is 2. The fourth-order valence-electron chi connectivity index (χ4n) is 6.28. The Morgan fingerprint density at radius 2 is 1.91 bits per heavy atom. The summed E-state index contributed by atoms with van der Waals surface area (Å²) in [7, 11) is -4.25. The van der Waals surface area contributed by atoms with Gasteiger partial charge in [-0.3, -0.25) is 4.79 Å². The predicted octanol–water partition coefficient (Wildman–Crippen LogP) is 4.77. The number of allylic oxidation sites excluding steroid dienone is 1. The molecule has 1 fully saturated rings. The Morgan fingerprint density at radius 1 is 1.09 bits per heavy atom. The lowest BCUT2D eigenvalue weighted by molar-refractivity contribution is -0.00779. The molecule has 1 unspecified atom stereocenters. The van der Waals surface area contributed by atoms with Crippen LogP contribution in [-0.2, 0) is 37.8 Å². The number of anilines is 1. The molecule has 252 valence electrons. The standard InChI is InChI=1S/C33H44ClN3O7S2/c1-36(2)46(41,42)19-17-43-31-9-4-3-7-18-45(39,40)35-33(38)25-12-15-32-30(21-25)37(22-26-11-14-29(26)31)16-6-5-8-24-20-28(34)13-10-27(24)23-44-32/h4,9-10,12-13,15,20-21,26,29,31H,3,5-8,11,14,16-19,22-23H2,1-2H3,(H,35,38)/b9-4+/t26?,29-,31-/m1/s1. The van der Waals surface area contributed by atoms with E-state index in [4.69, 9.17) is 21.1 Å². The number of carbonyl (C=O) groups excluding carboxylic acids is 1. The number of ether oxygens (including phenoxy) is 2. The lowest BCUT2D eigenvalue weighted by atomic mass is 9.70. The van der Waals surface area contributed by atoms with Gasteiger partial charge in [-0.1, -0.05) is 29.8 Å². The van der Waals surface area contributed by atoms with Crippen LogP contribution in [0.2, 0.25) is 5.02 Å². The van der Waals surface area contributed by atoms with Crippen molar-refractivity contribution in [2.24, 2.45) is 11.8 Å². The molecule has 46 heavy (non-hydrogen) atoms. The maximum atomic E-state index is 13.2. The molecule has 2 aromatic carbocycles. The van der Waals surface area contributed by atoms with Crippen molar-refractivity contribution in [3.05, 3.63) is 70.3 Å². The third-order valence-electron chi connectivity index (χ3n) is 9.16. The second-order valence-electron chi connectivity index (χ2n) is 12.5. The Labute approximate surface area is 278 Å². The summed E-state index contributed by atoms with van der Waals surface area (Å²) in [5, 5.41) is 0.686. The number of fused-ring (bicyclic) bond motifs is 3. The Hall–Kier alpha value is -2.64. The van der Waals surface area contributed by atoms with Crippen LogP contribution in [0.4, 0.5) is 5.69 Å². The first-order valence-electron chi connectivity index (χ1n) is 15.9. The quantitative estimate of drug-likeness (QED) is 0.445. The maximum absolute atomic E-state index is 13.2. The van der Waals surface area contributed by atoms with Gasteiger partial charge in [0.25, 0.3) is 5.91 Å². The minimum atomic E-state index is -3.86. The third kappa shape index (κ3) is 8.83. The zero-order valence-electron chi connectivity index (χ0n) is 26.5. The van der Waals surface area contributed by atoms with Crippen molar-refractivity contribution in [3.8, 4) is 5.75 Å². The van der Waals surface area contributed by atoms with E-state index < -0.39 is 26.0 Å². The largest absolute Gasteiger partial charge is 0.487 e. The van der Waals surface area contributed by atoms with Gasteiger partial charge in [0.1, 0.15) is 12.4 Å². The fraction of sp³-hybridized carbons (Fsp3) is 0.545. The highest BCUT2D eigenvalue weighted by atomic mass is 35.5. The Morgan fingerprint density at radius 3 is 2.67 bits per heavy atom. The zero-order chi connectivity index (χ0) is 32.9. The molecule has 0 aromatic heterocycles. The zero-order valence-corrected chi connectivity index (χ0v) is 28.9. The number of nitrogens with one attached hydrogen (secondary N) is 1. The Kier molecular flexibility index (Phi) is 11.4. The number of nitrogens with zero attached hydrogens (tertiary/aromatic N) is 2. The van der Waals surface area contributed by atoms with Gasteiger partial charge in [0.05, 0.1) is 29.9 Å². The van der Waals surface area contributed by atoms with Crippen molar-refractivity contribution in [3.63, 3.8) is 0 Å². The van der Waals surface area contributed by atoms with Gasteiger partial charge in [-0.25, -0.2) is 25.9 Å². The number of benzene rings is 2. The van der Waals surface area contributed by atoms with Crippen molar-refractivity contribution in [2.45, 2.75) is 57.7 Å². The van der Waals surface area contributed by atoms with Crippen molar-refractivity contribution in [2.75, 3.05) is 50.2 Å². The molecular formula is C33H44ClN3O7S2. The summed E-state index contributed by atoms with van der Waals surface area (Å²) in [6.07, 6.45) is 8.98. The molecule has 2 heterocycles. The van der Waals surface area contributed by atoms with Crippen molar-refractivity contribution in [1.29, 1.82) is 0 Å². The summed E-state index contributed by atoms with van der Waals surface area (Å²) in [4.78, 5) is 15.4. The van der Waals surface area contributed by atoms with E-state index in [1.807, 2.05) is 30.4 Å². The van der Waals surface area contributed by atoms with Crippen molar-refractivity contribution < 1.29 is 31.1 Å². The van der Waals surface area contributed by atoms with Gasteiger partial charge >= 0.3 is 0 Å². The molecule has 3 aliphatic rings. The van der Waals surface area contributed by atoms with Gasteiger partial charge in [-0.15, -0.1) is 0 Å². The number of aryl methyl sites for hydroxylation is 1. The van der Waals surface area contributed by atoms with E-state index in [9.17, 15) is 21.6 Å². The molecule has 5 rings (SSSR count). The van der Waals surface area contributed by atoms with Crippen molar-refractivity contribution in [1.82, 2.24) is 9.03 Å². The molecule has 2 aliphatic heterocycles. The van der Waals surface area contributed by atoms with Gasteiger partial charge < -0.3 is 14.4 Å². The minimum absolute atomic E-state index is 0.0630. The van der Waals surface area contributed by atoms with Gasteiger partial charge in [0.15, 0.2) is 0 Å². The summed E-state index contributed by atoms with van der Waals surface area (Å²) in [6.45, 7) is 1.79. The van der Waals surface area contributed by atoms with Gasteiger partial charge in [-0.2, -0.15) is 0 Å². The molecule has 2 bridgehead atoms. The summed E-state index contributed by atoms with van der Waals surface area (Å²) in [5.41, 5.74) is 3.19. The summed E-state index contributed by atoms with van der Waals surface area (Å²) in [5.74, 6) is 0.0523. The molecule has 1 N–H and O–H groups in total. The topological polar surface area (TPSA) is 122 Å². The highest BCUT2D eigenvalue weighted by Crippen LogP contribution is 2.42. The van der Waals surface area contributed by atoms with Crippen LogP contribution in [0.25, 0.3) is 0 Å². The first-order valence-corrected chi connectivity index (χ1v) is 19.6. The minimum Gasteiger partial charge on any atom is -0.487 e. The van der Waals surface area contributed by atoms with E-state index in [0.29, 0.717) is 43.3 Å². The number of rotatable bonds is 5. The van der Waals surface area contributed by atoms with E-state index >= 15 is 0 Å². The Balaban J connectivity index is 1.47. The van der Waals surface area contributed by atoms with E-state index in [1.54, 1.807) is 18.2 Å². The second-order valence-corrected chi connectivity index (χ2v) is 17.1. The smallest absolute Gasteiger partial charge is 0.264 e. The van der Waals surface area contributed by atoms with Crippen LogP contribution in [0.3, 0.4) is 0 Å². The molecule has 2 aromatic rings. The lowest BCUT2D eigenvalue weighted by Gasteiger charge is -2.44. The number of hydrogen-bond donors (Lipinski definition) is 1. The van der Waals surface area contributed by atoms with Crippen LogP contribution in [0, 0.1) is 11.8 Å². The van der Waals surface area contributed by atoms with Crippen LogP contribution in [0.5, 0.6) is 5.75 Å². The molecule has 3 atom stereocenters. The highest BCUT2D eigenvalue weighted by Gasteiger charge is 2.38. The summed E-state index contributed by atoms with van der Waals surface area (Å²) in [6, 6.07) is 10.9. The third-order valence-corrected chi connectivity index (χ3v) is 12.5.